The van der Waals surface area contributed by atoms with Crippen LogP contribution >= 0.6 is 0 Å². The molecule has 0 saturated carbocycles. The molecule has 1 aliphatic heterocycles. The summed E-state index contributed by atoms with van der Waals surface area (Å²) in [5, 5.41) is 17.0. The maximum absolute atomic E-state index is 11.0. The molecule has 1 unspecified atom stereocenters. The van der Waals surface area contributed by atoms with Crippen LogP contribution in [0.15, 0.2) is 18.2 Å². The molecule has 0 aliphatic carbocycles. The third-order valence-corrected chi connectivity index (χ3v) is 3.24. The maximum Gasteiger partial charge on any atom is 0.311 e. The first kappa shape index (κ1) is 14.3. The van der Waals surface area contributed by atoms with Crippen molar-refractivity contribution >= 4 is 11.6 Å². The summed E-state index contributed by atoms with van der Waals surface area (Å²) in [4.78, 5) is 21.5. The SMILES string of the molecule is COc1ccc(CNCC2CCC(=O)N2)cc1[N+](=O)[O-]. The summed E-state index contributed by atoms with van der Waals surface area (Å²) in [6.45, 7) is 1.17. The van der Waals surface area contributed by atoms with Gasteiger partial charge in [-0.2, -0.15) is 0 Å². The molecule has 7 heteroatoms. The highest BCUT2D eigenvalue weighted by atomic mass is 16.6. The van der Waals surface area contributed by atoms with Gasteiger partial charge in [0.15, 0.2) is 5.75 Å². The van der Waals surface area contributed by atoms with E-state index < -0.39 is 4.92 Å². The first-order chi connectivity index (χ1) is 9.60. The van der Waals surface area contributed by atoms with Crippen molar-refractivity contribution in [1.82, 2.24) is 10.6 Å². The zero-order valence-corrected chi connectivity index (χ0v) is 11.2. The standard InChI is InChI=1S/C13H17N3O4/c1-20-12-4-2-9(6-11(12)16(18)19)7-14-8-10-3-5-13(17)15-10/h2,4,6,10,14H,3,5,7-8H2,1H3,(H,15,17). The van der Waals surface area contributed by atoms with Gasteiger partial charge in [0.05, 0.1) is 12.0 Å². The van der Waals surface area contributed by atoms with E-state index in [2.05, 4.69) is 10.6 Å². The van der Waals surface area contributed by atoms with Crippen LogP contribution in [0.5, 0.6) is 5.75 Å². The highest BCUT2D eigenvalue weighted by Gasteiger charge is 2.20. The van der Waals surface area contributed by atoms with Crippen LogP contribution in [0, 0.1) is 10.1 Å². The molecule has 1 fully saturated rings. The van der Waals surface area contributed by atoms with Crippen LogP contribution in [0.3, 0.4) is 0 Å². The van der Waals surface area contributed by atoms with E-state index in [0.29, 0.717) is 19.5 Å². The summed E-state index contributed by atoms with van der Waals surface area (Å²) >= 11 is 0. The summed E-state index contributed by atoms with van der Waals surface area (Å²) < 4.78 is 4.95. The monoisotopic (exact) mass is 279 g/mol. The van der Waals surface area contributed by atoms with Gasteiger partial charge in [0.1, 0.15) is 0 Å². The fourth-order valence-corrected chi connectivity index (χ4v) is 2.21. The number of nitro groups is 1. The lowest BCUT2D eigenvalue weighted by molar-refractivity contribution is -0.385. The van der Waals surface area contributed by atoms with Gasteiger partial charge in [-0.05, 0) is 18.1 Å². The number of carbonyl (C=O) groups is 1. The van der Waals surface area contributed by atoms with Crippen LogP contribution in [0.25, 0.3) is 0 Å². The third kappa shape index (κ3) is 3.45. The summed E-state index contributed by atoms with van der Waals surface area (Å²) in [6, 6.07) is 5.02. The second-order valence-corrected chi connectivity index (χ2v) is 4.70. The average Bonchev–Trinajstić information content (AvgIpc) is 2.84. The van der Waals surface area contributed by atoms with E-state index in [1.807, 2.05) is 0 Å². The first-order valence-electron chi connectivity index (χ1n) is 6.41. The van der Waals surface area contributed by atoms with Crippen LogP contribution in [0.2, 0.25) is 0 Å². The molecule has 0 aromatic heterocycles. The van der Waals surface area contributed by atoms with Crippen LogP contribution in [-0.2, 0) is 11.3 Å². The van der Waals surface area contributed by atoms with Gasteiger partial charge in [0, 0.05) is 31.6 Å². The molecule has 1 aromatic carbocycles. The van der Waals surface area contributed by atoms with E-state index in [4.69, 9.17) is 4.74 Å². The summed E-state index contributed by atoms with van der Waals surface area (Å²) in [6.07, 6.45) is 1.40. The van der Waals surface area contributed by atoms with Gasteiger partial charge < -0.3 is 15.4 Å². The number of nitro benzene ring substituents is 1. The fourth-order valence-electron chi connectivity index (χ4n) is 2.21. The number of hydrogen-bond acceptors (Lipinski definition) is 5. The van der Waals surface area contributed by atoms with E-state index in [-0.39, 0.29) is 23.4 Å². The fraction of sp³-hybridized carbons (Fsp3) is 0.462. The molecule has 1 amide bonds. The van der Waals surface area contributed by atoms with Crippen molar-refractivity contribution in [2.24, 2.45) is 0 Å². The Morgan fingerprint density at radius 1 is 1.55 bits per heavy atom. The lowest BCUT2D eigenvalue weighted by atomic mass is 10.1. The number of nitrogens with one attached hydrogen (secondary N) is 2. The van der Waals surface area contributed by atoms with Crippen molar-refractivity contribution in [1.29, 1.82) is 0 Å². The molecule has 1 heterocycles. The Kier molecular flexibility index (Phi) is 4.52. The Bertz CT molecular complexity index is 518. The van der Waals surface area contributed by atoms with Crippen LogP contribution in [-0.4, -0.2) is 30.5 Å². The molecule has 2 rings (SSSR count). The molecular weight excluding hydrogens is 262 g/mol. The largest absolute Gasteiger partial charge is 0.490 e. The van der Waals surface area contributed by atoms with Gasteiger partial charge in [-0.15, -0.1) is 0 Å². The van der Waals surface area contributed by atoms with Gasteiger partial charge >= 0.3 is 5.69 Å². The molecular formula is C13H17N3O4. The second kappa shape index (κ2) is 6.33. The van der Waals surface area contributed by atoms with Crippen molar-refractivity contribution in [3.05, 3.63) is 33.9 Å². The lowest BCUT2D eigenvalue weighted by Gasteiger charge is -2.11. The smallest absolute Gasteiger partial charge is 0.311 e. The van der Waals surface area contributed by atoms with Crippen molar-refractivity contribution in [3.8, 4) is 5.75 Å². The Balaban J connectivity index is 1.91. The number of nitrogens with zero attached hydrogens (tertiary/aromatic N) is 1. The Morgan fingerprint density at radius 2 is 2.35 bits per heavy atom. The molecule has 0 radical (unpaired) electrons. The van der Waals surface area contributed by atoms with E-state index in [1.165, 1.54) is 13.2 Å². The van der Waals surface area contributed by atoms with Gasteiger partial charge in [-0.25, -0.2) is 0 Å². The lowest BCUT2D eigenvalue weighted by Crippen LogP contribution is -2.35. The van der Waals surface area contributed by atoms with Gasteiger partial charge in [-0.1, -0.05) is 6.07 Å². The molecule has 1 saturated heterocycles. The van der Waals surface area contributed by atoms with Gasteiger partial charge in [0.2, 0.25) is 5.91 Å². The number of carbonyl (C=O) groups excluding carboxylic acids is 1. The minimum Gasteiger partial charge on any atom is -0.490 e. The number of ether oxygens (including phenoxy) is 1. The Labute approximate surface area is 116 Å². The van der Waals surface area contributed by atoms with Gasteiger partial charge in [0.25, 0.3) is 0 Å². The zero-order chi connectivity index (χ0) is 14.5. The molecule has 1 aliphatic rings. The normalized spacial score (nSPS) is 17.9. The molecule has 108 valence electrons. The number of hydrogen-bond donors (Lipinski definition) is 2. The summed E-state index contributed by atoms with van der Waals surface area (Å²) in [7, 11) is 1.41. The van der Waals surface area contributed by atoms with Crippen molar-refractivity contribution in [3.63, 3.8) is 0 Å². The second-order valence-electron chi connectivity index (χ2n) is 4.70. The summed E-state index contributed by atoms with van der Waals surface area (Å²) in [5.41, 5.74) is 0.766. The number of benzene rings is 1. The van der Waals surface area contributed by atoms with E-state index in [0.717, 1.165) is 12.0 Å². The maximum atomic E-state index is 11.0. The average molecular weight is 279 g/mol. The van der Waals surface area contributed by atoms with Crippen molar-refractivity contribution < 1.29 is 14.5 Å². The zero-order valence-electron chi connectivity index (χ0n) is 11.2. The quantitative estimate of drug-likeness (QED) is 0.598. The van der Waals surface area contributed by atoms with Crippen LogP contribution < -0.4 is 15.4 Å². The highest BCUT2D eigenvalue weighted by Crippen LogP contribution is 2.27. The molecule has 1 atom stereocenters. The van der Waals surface area contributed by atoms with E-state index in [1.54, 1.807) is 12.1 Å². The molecule has 1 aromatic rings. The van der Waals surface area contributed by atoms with Gasteiger partial charge in [-0.3, -0.25) is 14.9 Å². The highest BCUT2D eigenvalue weighted by molar-refractivity contribution is 5.78. The van der Waals surface area contributed by atoms with Crippen LogP contribution in [0.4, 0.5) is 5.69 Å². The Morgan fingerprint density at radius 3 is 2.95 bits per heavy atom. The topological polar surface area (TPSA) is 93.5 Å². The number of methoxy groups -OCH3 is 1. The molecule has 20 heavy (non-hydrogen) atoms. The van der Waals surface area contributed by atoms with Crippen molar-refractivity contribution in [2.45, 2.75) is 25.4 Å². The van der Waals surface area contributed by atoms with Crippen LogP contribution in [0.1, 0.15) is 18.4 Å². The number of rotatable bonds is 6. The molecule has 2 N–H and O–H groups in total. The Hall–Kier alpha value is -2.15. The van der Waals surface area contributed by atoms with E-state index >= 15 is 0 Å². The summed E-state index contributed by atoms with van der Waals surface area (Å²) in [5.74, 6) is 0.332. The minimum absolute atomic E-state index is 0.0408. The number of amides is 1. The van der Waals surface area contributed by atoms with E-state index in [9.17, 15) is 14.9 Å². The van der Waals surface area contributed by atoms with Crippen molar-refractivity contribution in [2.75, 3.05) is 13.7 Å². The molecule has 7 nitrogen and oxygen atoms in total. The predicted molar refractivity (Wildman–Crippen MR) is 72.5 cm³/mol. The molecule has 0 spiro atoms. The first-order valence-corrected chi connectivity index (χ1v) is 6.41. The predicted octanol–water partition coefficient (Wildman–Crippen LogP) is 0.972. The minimum atomic E-state index is -0.459. The third-order valence-electron chi connectivity index (χ3n) is 3.24. The molecule has 0 bridgehead atoms.